The molecule has 3 rings (SSSR count). The fourth-order valence-electron chi connectivity index (χ4n) is 2.67. The number of aromatic nitrogens is 1. The van der Waals surface area contributed by atoms with Crippen LogP contribution in [-0.2, 0) is 7.05 Å². The van der Waals surface area contributed by atoms with Gasteiger partial charge in [-0.05, 0) is 6.07 Å². The van der Waals surface area contributed by atoms with Gasteiger partial charge in [0.25, 0.3) is 5.91 Å². The van der Waals surface area contributed by atoms with Gasteiger partial charge >= 0.3 is 0 Å². The van der Waals surface area contributed by atoms with E-state index in [1.807, 2.05) is 31.3 Å². The second-order valence-corrected chi connectivity index (χ2v) is 5.67. The number of nitrogens with zero attached hydrogens (tertiary/aromatic N) is 1. The van der Waals surface area contributed by atoms with Crippen molar-refractivity contribution in [2.45, 2.75) is 0 Å². The Balaban J connectivity index is 1.99. The van der Waals surface area contributed by atoms with Crippen LogP contribution in [0.25, 0.3) is 10.9 Å². The van der Waals surface area contributed by atoms with Crippen molar-refractivity contribution in [3.8, 4) is 11.5 Å². The first kappa shape index (κ1) is 16.2. The summed E-state index contributed by atoms with van der Waals surface area (Å²) >= 11 is 6.41. The topological polar surface area (TPSA) is 52.5 Å². The summed E-state index contributed by atoms with van der Waals surface area (Å²) in [5, 5.41) is 4.12. The molecule has 124 valence electrons. The number of rotatable bonds is 4. The Morgan fingerprint density at radius 3 is 2.29 bits per heavy atom. The summed E-state index contributed by atoms with van der Waals surface area (Å²) in [5.41, 5.74) is 1.87. The Labute approximate surface area is 144 Å². The first-order chi connectivity index (χ1) is 11.5. The molecule has 0 bridgehead atoms. The molecule has 0 saturated heterocycles. The molecule has 5 nitrogen and oxygen atoms in total. The maximum Gasteiger partial charge on any atom is 0.273 e. The van der Waals surface area contributed by atoms with Gasteiger partial charge in [-0.1, -0.05) is 29.8 Å². The zero-order valence-corrected chi connectivity index (χ0v) is 14.3. The highest BCUT2D eigenvalue weighted by Crippen LogP contribution is 2.31. The number of hydrogen-bond acceptors (Lipinski definition) is 3. The molecular weight excluding hydrogens is 328 g/mol. The highest BCUT2D eigenvalue weighted by molar-refractivity contribution is 6.39. The summed E-state index contributed by atoms with van der Waals surface area (Å²) in [7, 11) is 4.93. The Kier molecular flexibility index (Phi) is 4.36. The van der Waals surface area contributed by atoms with Gasteiger partial charge in [0, 0.05) is 41.8 Å². The van der Waals surface area contributed by atoms with Crippen LogP contribution >= 0.6 is 11.6 Å². The van der Waals surface area contributed by atoms with E-state index in [1.165, 1.54) is 0 Å². The van der Waals surface area contributed by atoms with Gasteiger partial charge in [0.05, 0.1) is 19.2 Å². The van der Waals surface area contributed by atoms with Gasteiger partial charge in [-0.15, -0.1) is 0 Å². The van der Waals surface area contributed by atoms with Crippen LogP contribution in [0.2, 0.25) is 5.02 Å². The molecule has 6 heteroatoms. The van der Waals surface area contributed by atoms with Crippen molar-refractivity contribution in [1.29, 1.82) is 0 Å². The van der Waals surface area contributed by atoms with Crippen LogP contribution in [0.15, 0.2) is 42.5 Å². The van der Waals surface area contributed by atoms with Gasteiger partial charge in [0.1, 0.15) is 17.2 Å². The summed E-state index contributed by atoms with van der Waals surface area (Å²) in [6.07, 6.45) is 0. The molecule has 0 aliphatic rings. The molecule has 0 fully saturated rings. The van der Waals surface area contributed by atoms with Gasteiger partial charge in [-0.2, -0.15) is 0 Å². The van der Waals surface area contributed by atoms with Crippen molar-refractivity contribution in [3.63, 3.8) is 0 Å². The summed E-state index contributed by atoms with van der Waals surface area (Å²) in [5.74, 6) is 0.884. The third-order valence-electron chi connectivity index (χ3n) is 3.87. The molecule has 0 radical (unpaired) electrons. The SMILES string of the molecule is COc1cc(NC(=O)c2c(Cl)c3ccccc3n2C)cc(OC)c1. The van der Waals surface area contributed by atoms with E-state index < -0.39 is 0 Å². The van der Waals surface area contributed by atoms with Gasteiger partial charge in [-0.25, -0.2) is 0 Å². The smallest absolute Gasteiger partial charge is 0.273 e. The minimum atomic E-state index is -0.297. The first-order valence-electron chi connectivity index (χ1n) is 7.32. The lowest BCUT2D eigenvalue weighted by Crippen LogP contribution is -2.16. The molecule has 0 saturated carbocycles. The monoisotopic (exact) mass is 344 g/mol. The molecule has 0 aliphatic heterocycles. The molecule has 0 spiro atoms. The first-order valence-corrected chi connectivity index (χ1v) is 7.70. The molecular formula is C18H17ClN2O3. The average molecular weight is 345 g/mol. The van der Waals surface area contributed by atoms with Gasteiger partial charge in [-0.3, -0.25) is 4.79 Å². The fraction of sp³-hybridized carbons (Fsp3) is 0.167. The lowest BCUT2D eigenvalue weighted by atomic mass is 10.2. The number of aryl methyl sites for hydroxylation is 1. The predicted octanol–water partition coefficient (Wildman–Crippen LogP) is 4.10. The maximum atomic E-state index is 12.7. The van der Waals surface area contributed by atoms with E-state index in [-0.39, 0.29) is 5.91 Å². The summed E-state index contributed by atoms with van der Waals surface area (Å²) in [4.78, 5) is 12.7. The van der Waals surface area contributed by atoms with Gasteiger partial charge in [0.2, 0.25) is 0 Å². The Morgan fingerprint density at radius 2 is 1.71 bits per heavy atom. The fourth-order valence-corrected chi connectivity index (χ4v) is 3.04. The van der Waals surface area contributed by atoms with Crippen molar-refractivity contribution in [2.75, 3.05) is 19.5 Å². The van der Waals surface area contributed by atoms with E-state index in [0.29, 0.717) is 27.9 Å². The van der Waals surface area contributed by atoms with Crippen LogP contribution in [0.4, 0.5) is 5.69 Å². The number of hydrogen-bond donors (Lipinski definition) is 1. The number of amides is 1. The zero-order valence-electron chi connectivity index (χ0n) is 13.6. The number of benzene rings is 2. The zero-order chi connectivity index (χ0) is 17.3. The molecule has 1 heterocycles. The van der Waals surface area contributed by atoms with Crippen molar-refractivity contribution in [3.05, 3.63) is 53.2 Å². The number of carbonyl (C=O) groups is 1. The second-order valence-electron chi connectivity index (χ2n) is 5.29. The van der Waals surface area contributed by atoms with Crippen molar-refractivity contribution >= 4 is 34.1 Å². The summed E-state index contributed by atoms with van der Waals surface area (Å²) < 4.78 is 12.2. The number of ether oxygens (including phenoxy) is 2. The number of halogens is 1. The van der Waals surface area contributed by atoms with Crippen LogP contribution in [0.3, 0.4) is 0 Å². The molecule has 1 N–H and O–H groups in total. The summed E-state index contributed by atoms with van der Waals surface area (Å²) in [6, 6.07) is 12.8. The Morgan fingerprint density at radius 1 is 1.08 bits per heavy atom. The second kappa shape index (κ2) is 6.45. The van der Waals surface area contributed by atoms with E-state index in [0.717, 1.165) is 10.9 Å². The third-order valence-corrected chi connectivity index (χ3v) is 4.25. The molecule has 0 atom stereocenters. The standard InChI is InChI=1S/C18H17ClN2O3/c1-21-15-7-5-4-6-14(15)16(19)17(21)18(22)20-11-8-12(23-2)10-13(9-11)24-3/h4-10H,1-3H3,(H,20,22). The quantitative estimate of drug-likeness (QED) is 0.775. The lowest BCUT2D eigenvalue weighted by molar-refractivity contribution is 0.102. The van der Waals surface area contributed by atoms with Crippen LogP contribution in [0, 0.1) is 0 Å². The maximum absolute atomic E-state index is 12.7. The molecule has 2 aromatic carbocycles. The van der Waals surface area contributed by atoms with Crippen LogP contribution in [-0.4, -0.2) is 24.7 Å². The number of fused-ring (bicyclic) bond motifs is 1. The van der Waals surface area contributed by atoms with Crippen molar-refractivity contribution in [2.24, 2.45) is 7.05 Å². The molecule has 24 heavy (non-hydrogen) atoms. The number of anilines is 1. The molecule has 1 aromatic heterocycles. The van der Waals surface area contributed by atoms with Crippen LogP contribution in [0.1, 0.15) is 10.5 Å². The van der Waals surface area contributed by atoms with E-state index in [4.69, 9.17) is 21.1 Å². The predicted molar refractivity (Wildman–Crippen MR) is 95.4 cm³/mol. The van der Waals surface area contributed by atoms with Crippen molar-refractivity contribution in [1.82, 2.24) is 4.57 Å². The van der Waals surface area contributed by atoms with Crippen LogP contribution < -0.4 is 14.8 Å². The molecule has 1 amide bonds. The highest BCUT2D eigenvalue weighted by Gasteiger charge is 2.20. The minimum Gasteiger partial charge on any atom is -0.497 e. The molecule has 0 aliphatic carbocycles. The summed E-state index contributed by atoms with van der Waals surface area (Å²) in [6.45, 7) is 0. The van der Waals surface area contributed by atoms with E-state index in [1.54, 1.807) is 37.0 Å². The van der Waals surface area contributed by atoms with Crippen LogP contribution in [0.5, 0.6) is 11.5 Å². The number of nitrogens with one attached hydrogen (secondary N) is 1. The molecule has 3 aromatic rings. The largest absolute Gasteiger partial charge is 0.497 e. The van der Waals surface area contributed by atoms with E-state index in [2.05, 4.69) is 5.32 Å². The average Bonchev–Trinajstić information content (AvgIpc) is 2.86. The molecule has 0 unspecified atom stereocenters. The van der Waals surface area contributed by atoms with Gasteiger partial charge < -0.3 is 19.4 Å². The minimum absolute atomic E-state index is 0.297. The number of para-hydroxylation sites is 1. The number of carbonyl (C=O) groups excluding carboxylic acids is 1. The third kappa shape index (κ3) is 2.78. The normalized spacial score (nSPS) is 10.7. The highest BCUT2D eigenvalue weighted by atomic mass is 35.5. The van der Waals surface area contributed by atoms with E-state index in [9.17, 15) is 4.79 Å². The lowest BCUT2D eigenvalue weighted by Gasteiger charge is -2.10. The van der Waals surface area contributed by atoms with Crippen molar-refractivity contribution < 1.29 is 14.3 Å². The Hall–Kier alpha value is -2.66. The Bertz CT molecular complexity index is 857. The van der Waals surface area contributed by atoms with E-state index >= 15 is 0 Å². The number of methoxy groups -OCH3 is 2. The van der Waals surface area contributed by atoms with Gasteiger partial charge in [0.15, 0.2) is 0 Å².